The first-order chi connectivity index (χ1) is 9.34. The molecular weight excluding hydrogens is 238 g/mol. The summed E-state index contributed by atoms with van der Waals surface area (Å²) in [6, 6.07) is 19.6. The minimum atomic E-state index is -0.192. The van der Waals surface area contributed by atoms with Crippen LogP contribution in [0, 0.1) is 0 Å². The van der Waals surface area contributed by atoms with E-state index in [-0.39, 0.29) is 5.69 Å². The molecule has 0 amide bonds. The minimum absolute atomic E-state index is 0.192. The Balaban J connectivity index is 2.03. The zero-order valence-corrected chi connectivity index (χ0v) is 10.3. The molecule has 2 aromatic carbocycles. The lowest BCUT2D eigenvalue weighted by atomic mass is 10.2. The smallest absolute Gasteiger partial charge is 0.271 e. The molecule has 0 aliphatic heterocycles. The Bertz CT molecular complexity index is 714. The zero-order valence-electron chi connectivity index (χ0n) is 10.3. The summed E-state index contributed by atoms with van der Waals surface area (Å²) in [7, 11) is 0. The van der Waals surface area contributed by atoms with Crippen LogP contribution in [0.2, 0.25) is 0 Å². The fourth-order valence-electron chi connectivity index (χ4n) is 2.04. The van der Waals surface area contributed by atoms with E-state index in [1.807, 2.05) is 60.7 Å². The van der Waals surface area contributed by atoms with Crippen molar-refractivity contribution in [2.45, 2.75) is 6.54 Å². The van der Waals surface area contributed by atoms with Gasteiger partial charge in [-0.05, 0) is 5.56 Å². The number of nitrogens with one attached hydrogen (secondary N) is 1. The highest BCUT2D eigenvalue weighted by molar-refractivity contribution is 5.54. The van der Waals surface area contributed by atoms with E-state index >= 15 is 0 Å². The summed E-state index contributed by atoms with van der Waals surface area (Å²) in [5.41, 5.74) is 1.81. The molecule has 0 atom stereocenters. The molecule has 0 fully saturated rings. The van der Waals surface area contributed by atoms with Crippen LogP contribution in [0.1, 0.15) is 5.56 Å². The fraction of sp³-hybridized carbons (Fsp3) is 0.0667. The van der Waals surface area contributed by atoms with Crippen molar-refractivity contribution in [1.29, 1.82) is 0 Å². The molecule has 0 saturated carbocycles. The van der Waals surface area contributed by atoms with Gasteiger partial charge in [0, 0.05) is 5.56 Å². The minimum Gasteiger partial charge on any atom is -0.271 e. The Kier molecular flexibility index (Phi) is 2.98. The van der Waals surface area contributed by atoms with E-state index in [2.05, 4.69) is 10.2 Å². The third-order valence-electron chi connectivity index (χ3n) is 2.97. The van der Waals surface area contributed by atoms with Gasteiger partial charge in [0.2, 0.25) is 0 Å². The number of aromatic amines is 1. The average molecular weight is 251 g/mol. The molecule has 94 valence electrons. The summed E-state index contributed by atoms with van der Waals surface area (Å²) in [4.78, 5) is 11.9. The van der Waals surface area contributed by atoms with Gasteiger partial charge in [-0.3, -0.25) is 4.57 Å². The van der Waals surface area contributed by atoms with Crippen LogP contribution in [-0.4, -0.2) is 14.8 Å². The molecule has 0 saturated heterocycles. The summed E-state index contributed by atoms with van der Waals surface area (Å²) in [6.07, 6.45) is 0. The van der Waals surface area contributed by atoms with Gasteiger partial charge < -0.3 is 0 Å². The van der Waals surface area contributed by atoms with E-state index < -0.39 is 0 Å². The van der Waals surface area contributed by atoms with E-state index in [4.69, 9.17) is 0 Å². The normalized spacial score (nSPS) is 10.5. The van der Waals surface area contributed by atoms with Gasteiger partial charge in [0.15, 0.2) is 5.82 Å². The van der Waals surface area contributed by atoms with Crippen molar-refractivity contribution in [3.8, 4) is 11.4 Å². The van der Waals surface area contributed by atoms with Gasteiger partial charge in [0.05, 0.1) is 6.54 Å². The molecule has 0 aliphatic rings. The summed E-state index contributed by atoms with van der Waals surface area (Å²) in [6.45, 7) is 0.514. The molecule has 1 heterocycles. The number of hydrogen-bond acceptors (Lipinski definition) is 2. The molecule has 3 rings (SSSR count). The fourth-order valence-corrected chi connectivity index (χ4v) is 2.04. The van der Waals surface area contributed by atoms with E-state index in [9.17, 15) is 4.79 Å². The lowest BCUT2D eigenvalue weighted by molar-refractivity contribution is 0.769. The van der Waals surface area contributed by atoms with Crippen LogP contribution in [0.3, 0.4) is 0 Å². The van der Waals surface area contributed by atoms with Crippen LogP contribution in [0.25, 0.3) is 11.4 Å². The second-order valence-corrected chi connectivity index (χ2v) is 4.29. The number of rotatable bonds is 3. The molecular formula is C15H13N3O. The monoisotopic (exact) mass is 251 g/mol. The van der Waals surface area contributed by atoms with Crippen LogP contribution >= 0.6 is 0 Å². The molecule has 0 bridgehead atoms. The maximum Gasteiger partial charge on any atom is 0.343 e. The first kappa shape index (κ1) is 11.5. The second kappa shape index (κ2) is 4.94. The molecule has 0 unspecified atom stereocenters. The Labute approximate surface area is 110 Å². The van der Waals surface area contributed by atoms with Crippen molar-refractivity contribution in [3.63, 3.8) is 0 Å². The van der Waals surface area contributed by atoms with Crippen LogP contribution in [0.15, 0.2) is 65.5 Å². The summed E-state index contributed by atoms with van der Waals surface area (Å²) in [5, 5.41) is 6.62. The number of hydrogen-bond donors (Lipinski definition) is 1. The molecule has 19 heavy (non-hydrogen) atoms. The number of benzene rings is 2. The van der Waals surface area contributed by atoms with Crippen molar-refractivity contribution in [2.24, 2.45) is 0 Å². The third kappa shape index (κ3) is 2.33. The van der Waals surface area contributed by atoms with Crippen molar-refractivity contribution in [3.05, 3.63) is 76.7 Å². The van der Waals surface area contributed by atoms with Crippen LogP contribution in [0.4, 0.5) is 0 Å². The van der Waals surface area contributed by atoms with Gasteiger partial charge in [-0.2, -0.15) is 5.10 Å². The van der Waals surface area contributed by atoms with Gasteiger partial charge >= 0.3 is 5.69 Å². The summed E-state index contributed by atoms with van der Waals surface area (Å²) < 4.78 is 1.64. The van der Waals surface area contributed by atoms with Crippen molar-refractivity contribution >= 4 is 0 Å². The quantitative estimate of drug-likeness (QED) is 0.776. The number of H-pyrrole nitrogens is 1. The summed E-state index contributed by atoms with van der Waals surface area (Å²) >= 11 is 0. The van der Waals surface area contributed by atoms with Gasteiger partial charge in [0.25, 0.3) is 0 Å². The molecule has 4 nitrogen and oxygen atoms in total. The molecule has 1 N–H and O–H groups in total. The maximum atomic E-state index is 11.9. The molecule has 0 spiro atoms. The lowest BCUT2D eigenvalue weighted by Gasteiger charge is -2.05. The third-order valence-corrected chi connectivity index (χ3v) is 2.97. The Hall–Kier alpha value is -2.62. The molecule has 1 aromatic heterocycles. The van der Waals surface area contributed by atoms with Gasteiger partial charge in [-0.15, -0.1) is 0 Å². The highest BCUT2D eigenvalue weighted by atomic mass is 16.1. The molecule has 4 heteroatoms. The molecule has 0 radical (unpaired) electrons. The van der Waals surface area contributed by atoms with Crippen molar-refractivity contribution in [1.82, 2.24) is 14.8 Å². The Morgan fingerprint density at radius 1 is 0.947 bits per heavy atom. The standard InChI is InChI=1S/C15H13N3O/c19-15-17-16-14(13-9-5-2-6-10-13)18(15)11-12-7-3-1-4-8-12/h1-10H,11H2,(H,17,19). The largest absolute Gasteiger partial charge is 0.343 e. The van der Waals surface area contributed by atoms with Crippen LogP contribution in [-0.2, 0) is 6.54 Å². The second-order valence-electron chi connectivity index (χ2n) is 4.29. The van der Waals surface area contributed by atoms with E-state index in [1.165, 1.54) is 0 Å². The first-order valence-electron chi connectivity index (χ1n) is 6.09. The molecule has 3 aromatic rings. The SMILES string of the molecule is O=c1[nH]nc(-c2ccccc2)n1Cc1ccccc1. The van der Waals surface area contributed by atoms with Crippen molar-refractivity contribution in [2.75, 3.05) is 0 Å². The number of aromatic nitrogens is 3. The topological polar surface area (TPSA) is 50.7 Å². The van der Waals surface area contributed by atoms with Crippen LogP contribution in [0.5, 0.6) is 0 Å². The van der Waals surface area contributed by atoms with E-state index in [0.29, 0.717) is 12.4 Å². The van der Waals surface area contributed by atoms with Crippen LogP contribution < -0.4 is 5.69 Å². The predicted octanol–water partition coefficient (Wildman–Crippen LogP) is 2.29. The van der Waals surface area contributed by atoms with Gasteiger partial charge in [-0.1, -0.05) is 60.7 Å². The highest BCUT2D eigenvalue weighted by Crippen LogP contribution is 2.15. The predicted molar refractivity (Wildman–Crippen MR) is 73.8 cm³/mol. The lowest BCUT2D eigenvalue weighted by Crippen LogP contribution is -2.18. The Morgan fingerprint density at radius 3 is 2.26 bits per heavy atom. The van der Waals surface area contributed by atoms with Gasteiger partial charge in [-0.25, -0.2) is 9.89 Å². The average Bonchev–Trinajstić information content (AvgIpc) is 2.82. The summed E-state index contributed by atoms with van der Waals surface area (Å²) in [5.74, 6) is 0.662. The first-order valence-corrected chi connectivity index (χ1v) is 6.09. The van der Waals surface area contributed by atoms with E-state index in [0.717, 1.165) is 11.1 Å². The number of nitrogens with zero attached hydrogens (tertiary/aromatic N) is 2. The van der Waals surface area contributed by atoms with Crippen molar-refractivity contribution < 1.29 is 0 Å². The maximum absolute atomic E-state index is 11.9. The van der Waals surface area contributed by atoms with E-state index in [1.54, 1.807) is 4.57 Å². The molecule has 0 aliphatic carbocycles. The zero-order chi connectivity index (χ0) is 13.1. The highest BCUT2D eigenvalue weighted by Gasteiger charge is 2.10. The Morgan fingerprint density at radius 2 is 1.58 bits per heavy atom. The van der Waals surface area contributed by atoms with Gasteiger partial charge in [0.1, 0.15) is 0 Å².